The SMILES string of the molecule is Cc1cccc2[nH]c(CNc3ncc(C(N)=O)cc3Cl)nc12. The van der Waals surface area contributed by atoms with Gasteiger partial charge in [-0.3, -0.25) is 4.79 Å². The van der Waals surface area contributed by atoms with Crippen molar-refractivity contribution in [3.8, 4) is 0 Å². The summed E-state index contributed by atoms with van der Waals surface area (Å²) in [4.78, 5) is 22.9. The van der Waals surface area contributed by atoms with Crippen LogP contribution in [0.5, 0.6) is 0 Å². The summed E-state index contributed by atoms with van der Waals surface area (Å²) in [6.07, 6.45) is 1.39. The number of aryl methyl sites for hydroxylation is 1. The van der Waals surface area contributed by atoms with Crippen molar-refractivity contribution in [2.24, 2.45) is 5.73 Å². The maximum Gasteiger partial charge on any atom is 0.250 e. The summed E-state index contributed by atoms with van der Waals surface area (Å²) in [7, 11) is 0. The molecule has 1 aromatic carbocycles. The first kappa shape index (κ1) is 14.3. The van der Waals surface area contributed by atoms with Crippen molar-refractivity contribution in [1.82, 2.24) is 15.0 Å². The molecule has 0 radical (unpaired) electrons. The van der Waals surface area contributed by atoms with E-state index in [9.17, 15) is 4.79 Å². The van der Waals surface area contributed by atoms with Gasteiger partial charge in [-0.1, -0.05) is 23.7 Å². The average molecular weight is 316 g/mol. The molecule has 0 bridgehead atoms. The van der Waals surface area contributed by atoms with Crippen LogP contribution in [-0.2, 0) is 6.54 Å². The van der Waals surface area contributed by atoms with E-state index >= 15 is 0 Å². The van der Waals surface area contributed by atoms with Crippen LogP contribution in [0.4, 0.5) is 5.82 Å². The van der Waals surface area contributed by atoms with Gasteiger partial charge in [0, 0.05) is 6.20 Å². The monoisotopic (exact) mass is 315 g/mol. The number of benzene rings is 1. The highest BCUT2D eigenvalue weighted by atomic mass is 35.5. The highest BCUT2D eigenvalue weighted by Gasteiger charge is 2.09. The number of halogens is 1. The molecule has 4 N–H and O–H groups in total. The minimum absolute atomic E-state index is 0.273. The van der Waals surface area contributed by atoms with Crippen molar-refractivity contribution in [1.29, 1.82) is 0 Å². The number of carbonyl (C=O) groups is 1. The van der Waals surface area contributed by atoms with E-state index < -0.39 is 5.91 Å². The van der Waals surface area contributed by atoms with Gasteiger partial charge in [-0.25, -0.2) is 9.97 Å². The lowest BCUT2D eigenvalue weighted by atomic mass is 10.2. The molecule has 7 heteroatoms. The topological polar surface area (TPSA) is 96.7 Å². The van der Waals surface area contributed by atoms with Gasteiger partial charge in [0.15, 0.2) is 0 Å². The third kappa shape index (κ3) is 2.73. The van der Waals surface area contributed by atoms with Crippen LogP contribution in [0.3, 0.4) is 0 Å². The van der Waals surface area contributed by atoms with Crippen molar-refractivity contribution < 1.29 is 4.79 Å². The Balaban J connectivity index is 1.79. The van der Waals surface area contributed by atoms with Gasteiger partial charge in [0.2, 0.25) is 5.91 Å². The number of hydrogen-bond acceptors (Lipinski definition) is 4. The predicted octanol–water partition coefficient (Wildman–Crippen LogP) is 2.63. The molecule has 3 aromatic rings. The van der Waals surface area contributed by atoms with Gasteiger partial charge in [0.25, 0.3) is 0 Å². The minimum atomic E-state index is -0.561. The Bertz CT molecular complexity index is 858. The molecule has 0 aliphatic rings. The van der Waals surface area contributed by atoms with Gasteiger partial charge < -0.3 is 16.0 Å². The molecular weight excluding hydrogens is 302 g/mol. The summed E-state index contributed by atoms with van der Waals surface area (Å²) in [5.41, 5.74) is 8.50. The molecule has 0 saturated heterocycles. The molecule has 0 unspecified atom stereocenters. The third-order valence-corrected chi connectivity index (χ3v) is 3.60. The maximum absolute atomic E-state index is 11.1. The van der Waals surface area contributed by atoms with Crippen LogP contribution in [0, 0.1) is 6.92 Å². The lowest BCUT2D eigenvalue weighted by Crippen LogP contribution is -2.12. The first-order valence-corrected chi connectivity index (χ1v) is 7.06. The van der Waals surface area contributed by atoms with Crippen LogP contribution < -0.4 is 11.1 Å². The summed E-state index contributed by atoms with van der Waals surface area (Å²) in [6, 6.07) is 7.46. The Kier molecular flexibility index (Phi) is 3.68. The number of para-hydroxylation sites is 1. The normalized spacial score (nSPS) is 10.8. The number of nitrogens with one attached hydrogen (secondary N) is 2. The fraction of sp³-hybridized carbons (Fsp3) is 0.133. The zero-order valence-electron chi connectivity index (χ0n) is 11.9. The number of anilines is 1. The number of nitrogens with two attached hydrogens (primary N) is 1. The molecule has 0 atom stereocenters. The van der Waals surface area contributed by atoms with Crippen molar-refractivity contribution in [3.63, 3.8) is 0 Å². The van der Waals surface area contributed by atoms with Gasteiger partial charge in [-0.2, -0.15) is 0 Å². The smallest absolute Gasteiger partial charge is 0.250 e. The molecule has 0 spiro atoms. The minimum Gasteiger partial charge on any atom is -0.366 e. The fourth-order valence-corrected chi connectivity index (χ4v) is 2.41. The number of nitrogens with zero attached hydrogens (tertiary/aromatic N) is 2. The molecular formula is C15H14ClN5O. The number of amides is 1. The predicted molar refractivity (Wildman–Crippen MR) is 85.9 cm³/mol. The molecule has 6 nitrogen and oxygen atoms in total. The van der Waals surface area contributed by atoms with Gasteiger partial charge in [-0.05, 0) is 24.6 Å². The largest absolute Gasteiger partial charge is 0.366 e. The van der Waals surface area contributed by atoms with E-state index in [1.165, 1.54) is 12.3 Å². The Labute approximate surface area is 131 Å². The number of aromatic amines is 1. The Hall–Kier alpha value is -2.60. The lowest BCUT2D eigenvalue weighted by Gasteiger charge is -2.06. The second-order valence-electron chi connectivity index (χ2n) is 4.93. The number of aromatic nitrogens is 3. The van der Waals surface area contributed by atoms with Crippen LogP contribution in [0.25, 0.3) is 11.0 Å². The van der Waals surface area contributed by atoms with Gasteiger partial charge in [-0.15, -0.1) is 0 Å². The number of rotatable bonds is 4. The third-order valence-electron chi connectivity index (χ3n) is 3.31. The highest BCUT2D eigenvalue weighted by molar-refractivity contribution is 6.33. The Morgan fingerprint density at radius 2 is 2.27 bits per heavy atom. The number of fused-ring (bicyclic) bond motifs is 1. The van der Waals surface area contributed by atoms with Crippen LogP contribution in [0.15, 0.2) is 30.5 Å². The number of imidazole rings is 1. The van der Waals surface area contributed by atoms with E-state index in [2.05, 4.69) is 20.3 Å². The zero-order valence-corrected chi connectivity index (χ0v) is 12.6. The van der Waals surface area contributed by atoms with Crippen LogP contribution in [0.1, 0.15) is 21.7 Å². The van der Waals surface area contributed by atoms with E-state index in [1.807, 2.05) is 25.1 Å². The summed E-state index contributed by atoms with van der Waals surface area (Å²) in [5, 5.41) is 3.42. The number of hydrogen-bond donors (Lipinski definition) is 3. The second-order valence-corrected chi connectivity index (χ2v) is 5.33. The zero-order chi connectivity index (χ0) is 15.7. The van der Waals surface area contributed by atoms with Gasteiger partial charge in [0.1, 0.15) is 11.6 Å². The van der Waals surface area contributed by atoms with Crippen LogP contribution >= 0.6 is 11.6 Å². The Morgan fingerprint density at radius 3 is 2.95 bits per heavy atom. The van der Waals surface area contributed by atoms with E-state index in [-0.39, 0.29) is 5.56 Å². The number of pyridine rings is 1. The Morgan fingerprint density at radius 1 is 1.45 bits per heavy atom. The van der Waals surface area contributed by atoms with Gasteiger partial charge >= 0.3 is 0 Å². The molecule has 2 aromatic heterocycles. The molecule has 0 aliphatic carbocycles. The second kappa shape index (κ2) is 5.65. The van der Waals surface area contributed by atoms with Crippen LogP contribution in [0.2, 0.25) is 5.02 Å². The highest BCUT2D eigenvalue weighted by Crippen LogP contribution is 2.21. The number of carbonyl (C=O) groups excluding carboxylic acids is 1. The van der Waals surface area contributed by atoms with E-state index in [1.54, 1.807) is 0 Å². The fourth-order valence-electron chi connectivity index (χ4n) is 2.18. The van der Waals surface area contributed by atoms with Crippen molar-refractivity contribution in [2.75, 3.05) is 5.32 Å². The first-order valence-electron chi connectivity index (χ1n) is 6.68. The molecule has 3 rings (SSSR count). The van der Waals surface area contributed by atoms with Crippen molar-refractivity contribution in [2.45, 2.75) is 13.5 Å². The molecule has 0 fully saturated rings. The average Bonchev–Trinajstić information content (AvgIpc) is 2.90. The summed E-state index contributed by atoms with van der Waals surface area (Å²) in [5.74, 6) is 0.693. The lowest BCUT2D eigenvalue weighted by molar-refractivity contribution is 0.1000. The van der Waals surface area contributed by atoms with Gasteiger partial charge in [0.05, 0.1) is 28.2 Å². The summed E-state index contributed by atoms with van der Waals surface area (Å²) >= 11 is 6.08. The van der Waals surface area contributed by atoms with Crippen LogP contribution in [-0.4, -0.2) is 20.9 Å². The molecule has 22 heavy (non-hydrogen) atoms. The number of primary amides is 1. The standard InChI is InChI=1S/C15H14ClN5O/c1-8-3-2-4-11-13(8)21-12(20-11)7-19-15-10(16)5-9(6-18-15)14(17)22/h2-6H,7H2,1H3,(H2,17,22)(H,18,19)(H,20,21). The summed E-state index contributed by atoms with van der Waals surface area (Å²) in [6.45, 7) is 2.46. The van der Waals surface area contributed by atoms with E-state index in [0.717, 1.165) is 22.4 Å². The molecule has 2 heterocycles. The molecule has 112 valence electrons. The molecule has 0 saturated carbocycles. The molecule has 1 amide bonds. The van der Waals surface area contributed by atoms with E-state index in [0.29, 0.717) is 17.4 Å². The number of H-pyrrole nitrogens is 1. The maximum atomic E-state index is 11.1. The first-order chi connectivity index (χ1) is 10.5. The molecule has 0 aliphatic heterocycles. The summed E-state index contributed by atoms with van der Waals surface area (Å²) < 4.78 is 0. The van der Waals surface area contributed by atoms with Crippen molar-refractivity contribution >= 4 is 34.4 Å². The van der Waals surface area contributed by atoms with E-state index in [4.69, 9.17) is 17.3 Å². The van der Waals surface area contributed by atoms with Crippen molar-refractivity contribution in [3.05, 3.63) is 52.4 Å². The quantitative estimate of drug-likeness (QED) is 0.689.